The maximum absolute atomic E-state index is 11.7. The number of aryl methyl sites for hydroxylation is 1. The monoisotopic (exact) mass is 324 g/mol. The molecule has 0 unspecified atom stereocenters. The Labute approximate surface area is 135 Å². The van der Waals surface area contributed by atoms with Gasteiger partial charge in [-0.25, -0.2) is 4.79 Å². The van der Waals surface area contributed by atoms with Crippen molar-refractivity contribution in [1.82, 2.24) is 15.1 Å². The first-order chi connectivity index (χ1) is 10.7. The van der Waals surface area contributed by atoms with Gasteiger partial charge in [-0.05, 0) is 30.9 Å². The lowest BCUT2D eigenvalue weighted by atomic mass is 10.3. The number of hydrogen-bond donors (Lipinski definition) is 1. The van der Waals surface area contributed by atoms with E-state index in [4.69, 9.17) is 4.74 Å². The van der Waals surface area contributed by atoms with Crippen LogP contribution in [0, 0.1) is 6.92 Å². The summed E-state index contributed by atoms with van der Waals surface area (Å²) in [7, 11) is 1.79. The Balaban J connectivity index is 1.83. The average Bonchev–Trinajstić information content (AvgIpc) is 2.94. The van der Waals surface area contributed by atoms with E-state index in [2.05, 4.69) is 33.6 Å². The van der Waals surface area contributed by atoms with Crippen LogP contribution in [0.5, 0.6) is 0 Å². The summed E-state index contributed by atoms with van der Waals surface area (Å²) in [6.07, 6.45) is -0.223. The van der Waals surface area contributed by atoms with Gasteiger partial charge in [0.2, 0.25) is 0 Å². The molecule has 0 atom stereocenters. The van der Waals surface area contributed by atoms with Crippen LogP contribution in [0.15, 0.2) is 16.4 Å². The maximum atomic E-state index is 11.7. The topological polar surface area (TPSA) is 57.2 Å². The fourth-order valence-corrected chi connectivity index (χ4v) is 3.24. The number of nitrogens with one attached hydrogen (secondary N) is 1. The van der Waals surface area contributed by atoms with Crippen molar-refractivity contribution >= 4 is 23.4 Å². The van der Waals surface area contributed by atoms with E-state index in [0.29, 0.717) is 19.7 Å². The molecule has 0 saturated carbocycles. The number of piperazine rings is 1. The standard InChI is InChI=1S/C15H24N4O2S/c1-4-21-15(20)19-8-6-18(7-9-19)14(16-3)17-11-13-12(2)5-10-22-13/h5,10H,4,6-9,11H2,1-3H3,(H,16,17). The minimum absolute atomic E-state index is 0.223. The summed E-state index contributed by atoms with van der Waals surface area (Å²) in [6, 6.07) is 2.13. The Bertz CT molecular complexity index is 521. The molecular formula is C15H24N4O2S. The van der Waals surface area contributed by atoms with Gasteiger partial charge in [0.05, 0.1) is 13.2 Å². The highest BCUT2D eigenvalue weighted by atomic mass is 32.1. The lowest BCUT2D eigenvalue weighted by Crippen LogP contribution is -2.53. The fraction of sp³-hybridized carbons (Fsp3) is 0.600. The molecule has 1 aromatic rings. The van der Waals surface area contributed by atoms with Crippen LogP contribution < -0.4 is 5.32 Å². The summed E-state index contributed by atoms with van der Waals surface area (Å²) < 4.78 is 5.04. The number of guanidine groups is 1. The van der Waals surface area contributed by atoms with Crippen molar-refractivity contribution in [2.75, 3.05) is 39.8 Å². The molecule has 1 saturated heterocycles. The maximum Gasteiger partial charge on any atom is 0.409 e. The number of thiophene rings is 1. The summed E-state index contributed by atoms with van der Waals surface area (Å²) in [5, 5.41) is 5.51. The van der Waals surface area contributed by atoms with E-state index in [0.717, 1.165) is 25.6 Å². The van der Waals surface area contributed by atoms with Crippen molar-refractivity contribution in [3.63, 3.8) is 0 Å². The fourth-order valence-electron chi connectivity index (χ4n) is 2.39. The second-order valence-corrected chi connectivity index (χ2v) is 6.10. The van der Waals surface area contributed by atoms with Gasteiger partial charge in [0.25, 0.3) is 0 Å². The second-order valence-electron chi connectivity index (χ2n) is 5.10. The molecule has 2 heterocycles. The predicted molar refractivity (Wildman–Crippen MR) is 89.4 cm³/mol. The van der Waals surface area contributed by atoms with Crippen LogP contribution in [0.25, 0.3) is 0 Å². The Morgan fingerprint density at radius 2 is 2.05 bits per heavy atom. The van der Waals surface area contributed by atoms with Crippen LogP contribution in [0.2, 0.25) is 0 Å². The molecule has 0 bridgehead atoms. The molecule has 1 N–H and O–H groups in total. The first-order valence-corrected chi connectivity index (χ1v) is 8.44. The van der Waals surface area contributed by atoms with Crippen molar-refractivity contribution in [1.29, 1.82) is 0 Å². The molecule has 22 heavy (non-hydrogen) atoms. The summed E-state index contributed by atoms with van der Waals surface area (Å²) in [5.74, 6) is 0.885. The average molecular weight is 324 g/mol. The van der Waals surface area contributed by atoms with E-state index in [1.54, 1.807) is 23.3 Å². The largest absolute Gasteiger partial charge is 0.450 e. The number of hydrogen-bond acceptors (Lipinski definition) is 4. The lowest BCUT2D eigenvalue weighted by molar-refractivity contribution is 0.0914. The molecule has 6 nitrogen and oxygen atoms in total. The van der Waals surface area contributed by atoms with Gasteiger partial charge < -0.3 is 19.9 Å². The van der Waals surface area contributed by atoms with Crippen LogP contribution in [-0.4, -0.2) is 61.7 Å². The third kappa shape index (κ3) is 4.13. The predicted octanol–water partition coefficient (Wildman–Crippen LogP) is 1.91. The zero-order valence-corrected chi connectivity index (χ0v) is 14.3. The summed E-state index contributed by atoms with van der Waals surface area (Å²) in [6.45, 7) is 8.01. The number of carbonyl (C=O) groups excluding carboxylic acids is 1. The minimum atomic E-state index is -0.223. The van der Waals surface area contributed by atoms with Crippen LogP contribution in [0.3, 0.4) is 0 Å². The third-order valence-electron chi connectivity index (χ3n) is 3.69. The van der Waals surface area contributed by atoms with Crippen molar-refractivity contribution < 1.29 is 9.53 Å². The molecule has 7 heteroatoms. The molecule has 1 amide bonds. The Morgan fingerprint density at radius 3 is 2.59 bits per heavy atom. The zero-order chi connectivity index (χ0) is 15.9. The normalized spacial score (nSPS) is 15.9. The van der Waals surface area contributed by atoms with Gasteiger partial charge in [0, 0.05) is 38.1 Å². The van der Waals surface area contributed by atoms with Crippen LogP contribution in [0.4, 0.5) is 4.79 Å². The van der Waals surface area contributed by atoms with Crippen molar-refractivity contribution in [2.45, 2.75) is 20.4 Å². The van der Waals surface area contributed by atoms with E-state index < -0.39 is 0 Å². The Hall–Kier alpha value is -1.76. The number of carbonyl (C=O) groups is 1. The van der Waals surface area contributed by atoms with E-state index >= 15 is 0 Å². The van der Waals surface area contributed by atoms with E-state index in [9.17, 15) is 4.79 Å². The van der Waals surface area contributed by atoms with Crippen LogP contribution in [-0.2, 0) is 11.3 Å². The number of aliphatic imine (C=N–C) groups is 1. The van der Waals surface area contributed by atoms with Crippen molar-refractivity contribution in [3.8, 4) is 0 Å². The van der Waals surface area contributed by atoms with Gasteiger partial charge in [0.1, 0.15) is 0 Å². The number of rotatable bonds is 3. The smallest absolute Gasteiger partial charge is 0.409 e. The number of amides is 1. The highest BCUT2D eigenvalue weighted by molar-refractivity contribution is 7.10. The van der Waals surface area contributed by atoms with Crippen molar-refractivity contribution in [2.24, 2.45) is 4.99 Å². The molecule has 1 aromatic heterocycles. The molecule has 1 aliphatic rings. The molecule has 122 valence electrons. The van der Waals surface area contributed by atoms with Crippen LogP contribution in [0.1, 0.15) is 17.4 Å². The van der Waals surface area contributed by atoms with Gasteiger partial charge in [0.15, 0.2) is 5.96 Å². The highest BCUT2D eigenvalue weighted by Crippen LogP contribution is 2.15. The van der Waals surface area contributed by atoms with Gasteiger partial charge >= 0.3 is 6.09 Å². The molecule has 2 rings (SSSR count). The molecule has 1 fully saturated rings. The minimum Gasteiger partial charge on any atom is -0.450 e. The Kier molecular flexibility index (Phi) is 6.06. The molecule has 0 aliphatic carbocycles. The van der Waals surface area contributed by atoms with Gasteiger partial charge in [-0.3, -0.25) is 4.99 Å². The Morgan fingerprint density at radius 1 is 1.36 bits per heavy atom. The zero-order valence-electron chi connectivity index (χ0n) is 13.5. The van der Waals surface area contributed by atoms with Gasteiger partial charge in [-0.15, -0.1) is 11.3 Å². The molecule has 0 aromatic carbocycles. The summed E-state index contributed by atoms with van der Waals surface area (Å²) in [5.41, 5.74) is 1.31. The van der Waals surface area contributed by atoms with Gasteiger partial charge in [-0.1, -0.05) is 0 Å². The molecule has 0 spiro atoms. The quantitative estimate of drug-likeness (QED) is 0.681. The number of nitrogens with zero attached hydrogens (tertiary/aromatic N) is 3. The SMILES string of the molecule is CCOC(=O)N1CCN(C(=NC)NCc2sccc2C)CC1. The first-order valence-electron chi connectivity index (χ1n) is 7.56. The molecule has 0 radical (unpaired) electrons. The lowest BCUT2D eigenvalue weighted by Gasteiger charge is -2.35. The summed E-state index contributed by atoms with van der Waals surface area (Å²) >= 11 is 1.75. The van der Waals surface area contributed by atoms with Crippen molar-refractivity contribution in [3.05, 3.63) is 21.9 Å². The van der Waals surface area contributed by atoms with E-state index in [1.807, 2.05) is 6.92 Å². The summed E-state index contributed by atoms with van der Waals surface area (Å²) in [4.78, 5) is 21.3. The molecular weight excluding hydrogens is 300 g/mol. The van der Waals surface area contributed by atoms with Crippen LogP contribution >= 0.6 is 11.3 Å². The van der Waals surface area contributed by atoms with Gasteiger partial charge in [-0.2, -0.15) is 0 Å². The molecule has 1 aliphatic heterocycles. The first kappa shape index (κ1) is 16.6. The number of ether oxygens (including phenoxy) is 1. The van der Waals surface area contributed by atoms with E-state index in [1.165, 1.54) is 10.4 Å². The van der Waals surface area contributed by atoms with E-state index in [-0.39, 0.29) is 6.09 Å². The third-order valence-corrected chi connectivity index (χ3v) is 4.72. The second kappa shape index (κ2) is 8.03. The highest BCUT2D eigenvalue weighted by Gasteiger charge is 2.23.